The lowest BCUT2D eigenvalue weighted by atomic mass is 9.91. The first-order chi connectivity index (χ1) is 15.7. The zero-order chi connectivity index (χ0) is 22.2. The number of piperidine rings is 1. The molecule has 1 aromatic rings. The zero-order valence-corrected chi connectivity index (χ0v) is 20.6. The topological polar surface area (TPSA) is 44.7 Å². The molecule has 0 spiro atoms. The highest BCUT2D eigenvalue weighted by atomic mass is 16.5. The molecule has 2 atom stereocenters. The predicted octanol–water partition coefficient (Wildman–Crippen LogP) is 4.32. The van der Waals surface area contributed by atoms with E-state index in [-0.39, 0.29) is 0 Å². The van der Waals surface area contributed by atoms with Crippen molar-refractivity contribution in [1.29, 1.82) is 0 Å². The Morgan fingerprint density at radius 3 is 2.06 bits per heavy atom. The van der Waals surface area contributed by atoms with Crippen LogP contribution in [0, 0.1) is 0 Å². The van der Waals surface area contributed by atoms with E-state index in [1.165, 1.54) is 95.8 Å². The Kier molecular flexibility index (Phi) is 9.18. The third-order valence-electron chi connectivity index (χ3n) is 7.94. The number of hydrogen-bond acceptors (Lipinski definition) is 6. The summed E-state index contributed by atoms with van der Waals surface area (Å²) >= 11 is 0. The van der Waals surface area contributed by atoms with Crippen LogP contribution in [0.5, 0.6) is 0 Å². The second kappa shape index (κ2) is 12.3. The second-order valence-electron chi connectivity index (χ2n) is 10.4. The summed E-state index contributed by atoms with van der Waals surface area (Å²) in [5.41, 5.74) is 1.35. The van der Waals surface area contributed by atoms with Crippen molar-refractivity contribution in [3.8, 4) is 0 Å². The SMILES string of the molecule is COCCCCCCCCCN1CCC(c2cnc(N3C4CCC3CN(C)C4)nc2)CC1. The van der Waals surface area contributed by atoms with Gasteiger partial charge in [-0.2, -0.15) is 0 Å². The van der Waals surface area contributed by atoms with Crippen LogP contribution < -0.4 is 4.90 Å². The highest BCUT2D eigenvalue weighted by Gasteiger charge is 2.40. The number of nitrogens with zero attached hydrogens (tertiary/aromatic N) is 5. The van der Waals surface area contributed by atoms with Crippen LogP contribution in [0.15, 0.2) is 12.4 Å². The van der Waals surface area contributed by atoms with Crippen LogP contribution in [-0.4, -0.2) is 85.3 Å². The second-order valence-corrected chi connectivity index (χ2v) is 10.4. The van der Waals surface area contributed by atoms with Crippen LogP contribution in [-0.2, 0) is 4.74 Å². The van der Waals surface area contributed by atoms with Gasteiger partial charge in [0.25, 0.3) is 0 Å². The Morgan fingerprint density at radius 1 is 0.844 bits per heavy atom. The summed E-state index contributed by atoms with van der Waals surface area (Å²) in [6.45, 7) is 6.95. The Bertz CT molecular complexity index is 647. The van der Waals surface area contributed by atoms with Gasteiger partial charge in [0.15, 0.2) is 0 Å². The lowest BCUT2D eigenvalue weighted by molar-refractivity contribution is 0.191. The van der Waals surface area contributed by atoms with Gasteiger partial charge in [0, 0.05) is 51.3 Å². The number of piperazine rings is 1. The molecule has 0 aliphatic carbocycles. The predicted molar refractivity (Wildman–Crippen MR) is 131 cm³/mol. The fraction of sp³-hybridized carbons (Fsp3) is 0.846. The molecule has 0 N–H and O–H groups in total. The van der Waals surface area contributed by atoms with Crippen LogP contribution in [0.2, 0.25) is 0 Å². The van der Waals surface area contributed by atoms with Gasteiger partial charge in [-0.1, -0.05) is 32.1 Å². The van der Waals surface area contributed by atoms with E-state index in [1.54, 1.807) is 7.11 Å². The molecule has 4 rings (SSSR count). The number of hydrogen-bond donors (Lipinski definition) is 0. The molecule has 180 valence electrons. The van der Waals surface area contributed by atoms with Crippen molar-refractivity contribution in [2.75, 3.05) is 58.4 Å². The van der Waals surface area contributed by atoms with Crippen molar-refractivity contribution in [3.63, 3.8) is 0 Å². The maximum Gasteiger partial charge on any atom is 0.225 e. The van der Waals surface area contributed by atoms with E-state index in [0.717, 1.165) is 25.6 Å². The highest BCUT2D eigenvalue weighted by molar-refractivity contribution is 5.38. The van der Waals surface area contributed by atoms with Gasteiger partial charge in [0.05, 0.1) is 0 Å². The minimum absolute atomic E-state index is 0.600. The van der Waals surface area contributed by atoms with E-state index >= 15 is 0 Å². The molecule has 3 saturated heterocycles. The molecule has 6 nitrogen and oxygen atoms in total. The first-order valence-electron chi connectivity index (χ1n) is 13.2. The lowest BCUT2D eigenvalue weighted by Crippen LogP contribution is -2.53. The molecule has 32 heavy (non-hydrogen) atoms. The first kappa shape index (κ1) is 23.9. The smallest absolute Gasteiger partial charge is 0.225 e. The number of aromatic nitrogens is 2. The summed E-state index contributed by atoms with van der Waals surface area (Å²) < 4.78 is 5.12. The van der Waals surface area contributed by atoms with Crippen LogP contribution in [0.3, 0.4) is 0 Å². The third kappa shape index (κ3) is 6.42. The first-order valence-corrected chi connectivity index (χ1v) is 13.2. The summed E-state index contributed by atoms with van der Waals surface area (Å²) in [4.78, 5) is 17.3. The number of rotatable bonds is 12. The Hall–Kier alpha value is -1.24. The number of ether oxygens (including phenoxy) is 1. The van der Waals surface area contributed by atoms with Crippen LogP contribution in [0.4, 0.5) is 5.95 Å². The molecule has 3 aliphatic rings. The average Bonchev–Trinajstić information content (AvgIpc) is 3.09. The number of likely N-dealkylation sites (N-methyl/N-ethyl adjacent to an activating group) is 1. The fourth-order valence-corrected chi connectivity index (χ4v) is 6.07. The summed E-state index contributed by atoms with van der Waals surface area (Å²) in [6.07, 6.45) is 18.8. The Morgan fingerprint density at radius 2 is 1.44 bits per heavy atom. The van der Waals surface area contributed by atoms with Crippen molar-refractivity contribution in [2.24, 2.45) is 0 Å². The fourth-order valence-electron chi connectivity index (χ4n) is 6.07. The van der Waals surface area contributed by atoms with E-state index in [9.17, 15) is 0 Å². The Labute approximate surface area is 195 Å². The molecule has 0 aromatic carbocycles. The van der Waals surface area contributed by atoms with Gasteiger partial charge in [-0.15, -0.1) is 0 Å². The molecule has 6 heteroatoms. The zero-order valence-electron chi connectivity index (χ0n) is 20.6. The van der Waals surface area contributed by atoms with Gasteiger partial charge < -0.3 is 19.4 Å². The maximum atomic E-state index is 5.12. The summed E-state index contributed by atoms with van der Waals surface area (Å²) in [5, 5.41) is 0. The lowest BCUT2D eigenvalue weighted by Gasteiger charge is -2.39. The van der Waals surface area contributed by atoms with Gasteiger partial charge in [0.1, 0.15) is 0 Å². The van der Waals surface area contributed by atoms with Crippen molar-refractivity contribution >= 4 is 5.95 Å². The Balaban J connectivity index is 1.12. The van der Waals surface area contributed by atoms with E-state index in [0.29, 0.717) is 18.0 Å². The van der Waals surface area contributed by atoms with Crippen molar-refractivity contribution < 1.29 is 4.74 Å². The quantitative estimate of drug-likeness (QED) is 0.449. The number of likely N-dealkylation sites (tertiary alicyclic amines) is 2. The van der Waals surface area contributed by atoms with E-state index < -0.39 is 0 Å². The summed E-state index contributed by atoms with van der Waals surface area (Å²) in [7, 11) is 4.04. The minimum atomic E-state index is 0.600. The standard InChI is InChI=1S/C26H45N5O/c1-29-20-24-10-11-25(21-29)31(24)26-27-18-23(19-28-26)22-12-15-30(16-13-22)14-8-6-4-3-5-7-9-17-32-2/h18-19,22,24-25H,3-17,20-21H2,1-2H3. The maximum absolute atomic E-state index is 5.12. The number of methoxy groups -OCH3 is 1. The van der Waals surface area contributed by atoms with E-state index in [1.807, 2.05) is 0 Å². The van der Waals surface area contributed by atoms with Gasteiger partial charge in [-0.05, 0) is 76.7 Å². The largest absolute Gasteiger partial charge is 0.385 e. The summed E-state index contributed by atoms with van der Waals surface area (Å²) in [6, 6.07) is 1.20. The minimum Gasteiger partial charge on any atom is -0.385 e. The molecule has 0 radical (unpaired) electrons. The molecular weight excluding hydrogens is 398 g/mol. The van der Waals surface area contributed by atoms with Crippen LogP contribution in [0.1, 0.15) is 82.1 Å². The molecule has 3 fully saturated rings. The highest BCUT2D eigenvalue weighted by Crippen LogP contribution is 2.33. The number of fused-ring (bicyclic) bond motifs is 2. The van der Waals surface area contributed by atoms with Gasteiger partial charge >= 0.3 is 0 Å². The third-order valence-corrected chi connectivity index (χ3v) is 7.94. The molecule has 3 aliphatic heterocycles. The molecule has 0 amide bonds. The number of anilines is 1. The normalized spacial score (nSPS) is 25.0. The molecule has 2 bridgehead atoms. The van der Waals surface area contributed by atoms with Gasteiger partial charge in [-0.25, -0.2) is 9.97 Å². The van der Waals surface area contributed by atoms with E-state index in [2.05, 4.69) is 34.1 Å². The van der Waals surface area contributed by atoms with Crippen LogP contribution in [0.25, 0.3) is 0 Å². The van der Waals surface area contributed by atoms with Crippen molar-refractivity contribution in [2.45, 2.75) is 88.6 Å². The van der Waals surface area contributed by atoms with Gasteiger partial charge in [0.2, 0.25) is 5.95 Å². The molecule has 2 unspecified atom stereocenters. The van der Waals surface area contributed by atoms with E-state index in [4.69, 9.17) is 14.7 Å². The molecule has 4 heterocycles. The van der Waals surface area contributed by atoms with Gasteiger partial charge in [-0.3, -0.25) is 0 Å². The average molecular weight is 444 g/mol. The molecule has 1 aromatic heterocycles. The van der Waals surface area contributed by atoms with Crippen molar-refractivity contribution in [3.05, 3.63) is 18.0 Å². The number of unbranched alkanes of at least 4 members (excludes halogenated alkanes) is 6. The van der Waals surface area contributed by atoms with Crippen molar-refractivity contribution in [1.82, 2.24) is 19.8 Å². The monoisotopic (exact) mass is 443 g/mol. The molecule has 0 saturated carbocycles. The summed E-state index contributed by atoms with van der Waals surface area (Å²) in [5.74, 6) is 1.60. The molecular formula is C26H45N5O. The van der Waals surface area contributed by atoms with Crippen LogP contribution >= 0.6 is 0 Å².